The third-order valence-corrected chi connectivity index (χ3v) is 1.24. The molecule has 0 unspecified atom stereocenters. The Kier molecular flexibility index (Phi) is 2.38. The average molecular weight is 148 g/mol. The number of aliphatic hydroxyl groups is 1. The topological polar surface area (TPSA) is 46.0 Å². The van der Waals surface area contributed by atoms with Gasteiger partial charge in [0.05, 0.1) is 12.0 Å². The van der Waals surface area contributed by atoms with E-state index in [2.05, 4.69) is 16.5 Å². The molecule has 0 aliphatic heterocycles. The van der Waals surface area contributed by atoms with Gasteiger partial charge in [0.2, 0.25) is 0 Å². The van der Waals surface area contributed by atoms with Crippen molar-refractivity contribution in [1.82, 2.24) is 9.97 Å². The molecule has 1 heterocycles. The molecule has 1 rings (SSSR count). The van der Waals surface area contributed by atoms with E-state index in [1.54, 1.807) is 12.3 Å². The molecule has 1 aromatic heterocycles. The minimum Gasteiger partial charge on any atom is -0.515 e. The maximum absolute atomic E-state index is 8.69. The van der Waals surface area contributed by atoms with Crippen LogP contribution >= 0.6 is 0 Å². The van der Waals surface area contributed by atoms with Gasteiger partial charge in [-0.3, -0.25) is 0 Å². The van der Waals surface area contributed by atoms with Crippen LogP contribution in [0.2, 0.25) is 0 Å². The molecule has 0 aromatic carbocycles. The summed E-state index contributed by atoms with van der Waals surface area (Å²) in [4.78, 5) is 7.65. The molecule has 3 nitrogen and oxygen atoms in total. The first-order valence-electron chi connectivity index (χ1n) is 3.11. The lowest BCUT2D eigenvalue weighted by atomic mass is 10.2. The van der Waals surface area contributed by atoms with Crippen molar-refractivity contribution in [3.8, 4) is 0 Å². The SMILES string of the molecule is C=C/C(=C\O)c1ccncn1. The molecule has 0 fully saturated rings. The summed E-state index contributed by atoms with van der Waals surface area (Å²) in [5, 5.41) is 8.69. The Morgan fingerprint density at radius 2 is 2.45 bits per heavy atom. The molecule has 0 saturated carbocycles. The lowest BCUT2D eigenvalue weighted by Crippen LogP contribution is -1.86. The summed E-state index contributed by atoms with van der Waals surface area (Å²) >= 11 is 0. The van der Waals surface area contributed by atoms with Gasteiger partial charge in [-0.1, -0.05) is 12.7 Å². The van der Waals surface area contributed by atoms with Gasteiger partial charge in [0.15, 0.2) is 0 Å². The largest absolute Gasteiger partial charge is 0.515 e. The van der Waals surface area contributed by atoms with Crippen LogP contribution in [-0.2, 0) is 0 Å². The normalized spacial score (nSPS) is 11.1. The Balaban J connectivity index is 3.01. The van der Waals surface area contributed by atoms with Crippen molar-refractivity contribution in [2.24, 2.45) is 0 Å². The van der Waals surface area contributed by atoms with Crippen LogP contribution in [0.25, 0.3) is 5.57 Å². The number of nitrogens with zero attached hydrogens (tertiary/aromatic N) is 2. The molecule has 0 aliphatic carbocycles. The monoisotopic (exact) mass is 148 g/mol. The van der Waals surface area contributed by atoms with Crippen LogP contribution in [0.1, 0.15) is 5.69 Å². The molecule has 0 bridgehead atoms. The zero-order valence-corrected chi connectivity index (χ0v) is 5.94. The summed E-state index contributed by atoms with van der Waals surface area (Å²) in [6.07, 6.45) is 5.52. The average Bonchev–Trinajstić information content (AvgIpc) is 2.09. The van der Waals surface area contributed by atoms with Gasteiger partial charge in [-0.2, -0.15) is 0 Å². The molecule has 1 N–H and O–H groups in total. The molecule has 0 saturated heterocycles. The molecular weight excluding hydrogens is 140 g/mol. The van der Waals surface area contributed by atoms with Crippen molar-refractivity contribution in [3.05, 3.63) is 43.2 Å². The van der Waals surface area contributed by atoms with Crippen molar-refractivity contribution in [1.29, 1.82) is 0 Å². The molecule has 0 atom stereocenters. The zero-order chi connectivity index (χ0) is 8.10. The Bertz CT molecular complexity index is 267. The summed E-state index contributed by atoms with van der Waals surface area (Å²) < 4.78 is 0. The van der Waals surface area contributed by atoms with Gasteiger partial charge in [0.25, 0.3) is 0 Å². The lowest BCUT2D eigenvalue weighted by Gasteiger charge is -1.95. The summed E-state index contributed by atoms with van der Waals surface area (Å²) in [6, 6.07) is 1.70. The highest BCUT2D eigenvalue weighted by Crippen LogP contribution is 2.09. The standard InChI is InChI=1S/C8H8N2O/c1-2-7(5-11)8-3-4-9-6-10-8/h2-6,11H,1H2/b7-5+. The molecule has 0 aliphatic rings. The Morgan fingerprint density at radius 1 is 1.64 bits per heavy atom. The van der Waals surface area contributed by atoms with Gasteiger partial charge in [0.1, 0.15) is 6.33 Å². The molecule has 0 amide bonds. The van der Waals surface area contributed by atoms with E-state index < -0.39 is 0 Å². The van der Waals surface area contributed by atoms with Crippen LogP contribution < -0.4 is 0 Å². The fourth-order valence-electron chi connectivity index (χ4n) is 0.685. The molecule has 0 spiro atoms. The fourth-order valence-corrected chi connectivity index (χ4v) is 0.685. The molecule has 0 radical (unpaired) electrons. The molecule has 3 heteroatoms. The summed E-state index contributed by atoms with van der Waals surface area (Å²) in [6.45, 7) is 3.52. The molecule has 11 heavy (non-hydrogen) atoms. The third kappa shape index (κ3) is 1.64. The molecule has 56 valence electrons. The van der Waals surface area contributed by atoms with Crippen LogP contribution in [0.15, 0.2) is 37.5 Å². The highest BCUT2D eigenvalue weighted by molar-refractivity contribution is 5.69. The lowest BCUT2D eigenvalue weighted by molar-refractivity contribution is 0.476. The summed E-state index contributed by atoms with van der Waals surface area (Å²) in [5.41, 5.74) is 1.25. The van der Waals surface area contributed by atoms with E-state index in [9.17, 15) is 0 Å². The second kappa shape index (κ2) is 3.51. The highest BCUT2D eigenvalue weighted by atomic mass is 16.2. The van der Waals surface area contributed by atoms with Gasteiger partial charge in [-0.05, 0) is 6.07 Å². The van der Waals surface area contributed by atoms with Gasteiger partial charge < -0.3 is 5.11 Å². The predicted octanol–water partition coefficient (Wildman–Crippen LogP) is 1.56. The van der Waals surface area contributed by atoms with Crippen LogP contribution in [0.3, 0.4) is 0 Å². The number of hydrogen-bond acceptors (Lipinski definition) is 3. The summed E-state index contributed by atoms with van der Waals surface area (Å²) in [5.74, 6) is 0. The second-order valence-corrected chi connectivity index (χ2v) is 1.88. The van der Waals surface area contributed by atoms with Crippen molar-refractivity contribution in [2.75, 3.05) is 0 Å². The van der Waals surface area contributed by atoms with Crippen LogP contribution in [0.4, 0.5) is 0 Å². The van der Waals surface area contributed by atoms with Crippen LogP contribution in [0, 0.1) is 0 Å². The fraction of sp³-hybridized carbons (Fsp3) is 0. The number of aromatic nitrogens is 2. The first kappa shape index (κ1) is 7.47. The van der Waals surface area contributed by atoms with Gasteiger partial charge in [-0.25, -0.2) is 9.97 Å². The Hall–Kier alpha value is -1.64. The van der Waals surface area contributed by atoms with Gasteiger partial charge in [-0.15, -0.1) is 0 Å². The van der Waals surface area contributed by atoms with Gasteiger partial charge >= 0.3 is 0 Å². The van der Waals surface area contributed by atoms with Crippen molar-refractivity contribution >= 4 is 5.57 Å². The van der Waals surface area contributed by atoms with E-state index in [4.69, 9.17) is 5.11 Å². The van der Waals surface area contributed by atoms with Crippen molar-refractivity contribution in [3.63, 3.8) is 0 Å². The number of aliphatic hydroxyl groups excluding tert-OH is 1. The van der Waals surface area contributed by atoms with Crippen LogP contribution in [-0.4, -0.2) is 15.1 Å². The minimum atomic E-state index is 0.590. The van der Waals surface area contributed by atoms with E-state index >= 15 is 0 Å². The predicted molar refractivity (Wildman–Crippen MR) is 42.8 cm³/mol. The Morgan fingerprint density at radius 3 is 2.91 bits per heavy atom. The minimum absolute atomic E-state index is 0.590. The number of allylic oxidation sites excluding steroid dienone is 2. The summed E-state index contributed by atoms with van der Waals surface area (Å²) in [7, 11) is 0. The van der Waals surface area contributed by atoms with E-state index in [1.165, 1.54) is 12.4 Å². The first-order chi connectivity index (χ1) is 5.38. The molecule has 1 aromatic rings. The second-order valence-electron chi connectivity index (χ2n) is 1.88. The van der Waals surface area contributed by atoms with Crippen molar-refractivity contribution < 1.29 is 5.11 Å². The van der Waals surface area contributed by atoms with Gasteiger partial charge in [0, 0.05) is 11.8 Å². The van der Waals surface area contributed by atoms with E-state index in [-0.39, 0.29) is 0 Å². The van der Waals surface area contributed by atoms with E-state index in [0.717, 1.165) is 6.26 Å². The van der Waals surface area contributed by atoms with Crippen LogP contribution in [0.5, 0.6) is 0 Å². The maximum Gasteiger partial charge on any atom is 0.116 e. The Labute approximate surface area is 64.7 Å². The quantitative estimate of drug-likeness (QED) is 0.511. The van der Waals surface area contributed by atoms with Crippen molar-refractivity contribution in [2.45, 2.75) is 0 Å². The number of rotatable bonds is 2. The van der Waals surface area contributed by atoms with E-state index in [1.807, 2.05) is 0 Å². The third-order valence-electron chi connectivity index (χ3n) is 1.24. The highest BCUT2D eigenvalue weighted by Gasteiger charge is 1.95. The smallest absolute Gasteiger partial charge is 0.116 e. The zero-order valence-electron chi connectivity index (χ0n) is 5.94. The molecular formula is C8H8N2O. The first-order valence-corrected chi connectivity index (χ1v) is 3.11. The van der Waals surface area contributed by atoms with E-state index in [0.29, 0.717) is 11.3 Å². The number of hydrogen-bond donors (Lipinski definition) is 1. The maximum atomic E-state index is 8.69.